The average Bonchev–Trinajstić information content (AvgIpc) is 3.45. The second-order valence-corrected chi connectivity index (χ2v) is 7.22. The first kappa shape index (κ1) is 18.6. The molecule has 0 bridgehead atoms. The number of aromatic amines is 1. The number of pyridine rings is 1. The number of H-pyrrole nitrogens is 1. The maximum absolute atomic E-state index is 13.1. The van der Waals surface area contributed by atoms with Gasteiger partial charge in [-0.2, -0.15) is 8.75 Å². The van der Waals surface area contributed by atoms with Crippen molar-refractivity contribution in [2.24, 2.45) is 5.11 Å². The molecule has 0 atom stereocenters. The molecule has 31 heavy (non-hydrogen) atoms. The van der Waals surface area contributed by atoms with Gasteiger partial charge in [-0.1, -0.05) is 24.3 Å². The molecule has 0 aliphatic heterocycles. The monoisotopic (exact) mass is 425 g/mol. The van der Waals surface area contributed by atoms with Crippen molar-refractivity contribution in [1.29, 1.82) is 0 Å². The Kier molecular flexibility index (Phi) is 4.47. The summed E-state index contributed by atoms with van der Waals surface area (Å²) in [6.07, 6.45) is 3.33. The zero-order valence-electron chi connectivity index (χ0n) is 15.7. The van der Waals surface area contributed by atoms with Crippen LogP contribution < -0.4 is 0 Å². The molecule has 1 N–H and O–H groups in total. The molecule has 148 valence electrons. The van der Waals surface area contributed by atoms with Gasteiger partial charge in [0.25, 0.3) is 0 Å². The van der Waals surface area contributed by atoms with Crippen LogP contribution in [0.15, 0.2) is 66.0 Å². The van der Waals surface area contributed by atoms with Crippen LogP contribution in [-0.2, 0) is 0 Å². The Morgan fingerprint density at radius 2 is 1.74 bits per heavy atom. The third-order valence-corrected chi connectivity index (χ3v) is 5.45. The summed E-state index contributed by atoms with van der Waals surface area (Å²) >= 11 is 1.11. The van der Waals surface area contributed by atoms with Gasteiger partial charge in [-0.05, 0) is 40.5 Å². The SMILES string of the molecule is [N-]=[N+]=NC(=O)c1ccc(-c2cnc3[nH]cc(C(=O)c4ccc5nsnc5c4)c3c2)cc1. The van der Waals surface area contributed by atoms with Gasteiger partial charge in [0.1, 0.15) is 16.7 Å². The van der Waals surface area contributed by atoms with E-state index < -0.39 is 5.91 Å². The van der Waals surface area contributed by atoms with E-state index in [0.29, 0.717) is 33.2 Å². The van der Waals surface area contributed by atoms with Gasteiger partial charge in [0.15, 0.2) is 5.78 Å². The fourth-order valence-corrected chi connectivity index (χ4v) is 3.85. The molecule has 5 rings (SSSR count). The summed E-state index contributed by atoms with van der Waals surface area (Å²) in [5.74, 6) is -0.788. The molecule has 0 saturated carbocycles. The van der Waals surface area contributed by atoms with Gasteiger partial charge >= 0.3 is 0 Å². The van der Waals surface area contributed by atoms with Crippen LogP contribution in [0.4, 0.5) is 0 Å². The summed E-state index contributed by atoms with van der Waals surface area (Å²) in [6, 6.07) is 13.8. The number of hydrogen-bond acceptors (Lipinski definition) is 6. The van der Waals surface area contributed by atoms with Crippen molar-refractivity contribution in [2.75, 3.05) is 0 Å². The molecular formula is C21H11N7O2S. The Balaban J connectivity index is 1.53. The number of nitrogens with zero attached hydrogens (tertiary/aromatic N) is 6. The van der Waals surface area contributed by atoms with Crippen LogP contribution in [0.5, 0.6) is 0 Å². The van der Waals surface area contributed by atoms with Crippen LogP contribution >= 0.6 is 11.7 Å². The summed E-state index contributed by atoms with van der Waals surface area (Å²) < 4.78 is 8.36. The van der Waals surface area contributed by atoms with Crippen molar-refractivity contribution in [3.05, 3.63) is 88.1 Å². The second kappa shape index (κ2) is 7.45. The number of ketones is 1. The summed E-state index contributed by atoms with van der Waals surface area (Å²) in [5.41, 5.74) is 13.3. The number of nitrogens with one attached hydrogen (secondary N) is 1. The fourth-order valence-electron chi connectivity index (χ4n) is 3.33. The molecule has 3 heterocycles. The van der Waals surface area contributed by atoms with Gasteiger partial charge in [-0.3, -0.25) is 9.59 Å². The van der Waals surface area contributed by atoms with Crippen LogP contribution in [0.3, 0.4) is 0 Å². The number of hydrogen-bond donors (Lipinski definition) is 1. The number of rotatable bonds is 4. The van der Waals surface area contributed by atoms with Gasteiger partial charge in [-0.15, -0.1) is 0 Å². The van der Waals surface area contributed by atoms with E-state index in [1.54, 1.807) is 54.9 Å². The third-order valence-electron chi connectivity index (χ3n) is 4.89. The predicted octanol–water partition coefficient (Wildman–Crippen LogP) is 4.92. The quantitative estimate of drug-likeness (QED) is 0.189. The Bertz CT molecular complexity index is 1530. The first-order chi connectivity index (χ1) is 15.1. The van der Waals surface area contributed by atoms with E-state index in [-0.39, 0.29) is 5.78 Å². The van der Waals surface area contributed by atoms with E-state index in [9.17, 15) is 9.59 Å². The Morgan fingerprint density at radius 3 is 2.55 bits per heavy atom. The number of benzene rings is 2. The molecule has 1 amide bonds. The summed E-state index contributed by atoms with van der Waals surface area (Å²) in [7, 11) is 0. The highest BCUT2D eigenvalue weighted by atomic mass is 32.1. The van der Waals surface area contributed by atoms with E-state index >= 15 is 0 Å². The maximum atomic E-state index is 13.1. The van der Waals surface area contributed by atoms with Crippen LogP contribution in [0.1, 0.15) is 26.3 Å². The van der Waals surface area contributed by atoms with Gasteiger partial charge < -0.3 is 4.98 Å². The standard InChI is InChI=1S/C21H11N7O2S/c22-28-25-21(30)12-3-1-11(2-4-12)14-7-15-16(10-24-20(15)23-9-14)19(29)13-5-6-17-18(8-13)27-31-26-17/h1-10H,(H,23,24). The first-order valence-corrected chi connectivity index (χ1v) is 9.81. The highest BCUT2D eigenvalue weighted by Gasteiger charge is 2.17. The number of amides is 1. The Hall–Kier alpha value is -4.40. The van der Waals surface area contributed by atoms with E-state index in [4.69, 9.17) is 5.53 Å². The lowest BCUT2D eigenvalue weighted by Crippen LogP contribution is -2.00. The summed E-state index contributed by atoms with van der Waals surface area (Å²) in [5, 5.41) is 3.77. The second-order valence-electron chi connectivity index (χ2n) is 6.69. The van der Waals surface area contributed by atoms with Gasteiger partial charge in [0, 0.05) is 44.9 Å². The van der Waals surface area contributed by atoms with Crippen LogP contribution in [-0.4, -0.2) is 30.4 Å². The highest BCUT2D eigenvalue weighted by molar-refractivity contribution is 7.00. The fraction of sp³-hybridized carbons (Fsp3) is 0. The first-order valence-electron chi connectivity index (χ1n) is 9.08. The number of azide groups is 1. The minimum atomic E-state index is -0.645. The van der Waals surface area contributed by atoms with Crippen molar-refractivity contribution in [3.8, 4) is 11.1 Å². The largest absolute Gasteiger partial charge is 0.345 e. The third kappa shape index (κ3) is 3.31. The molecule has 0 spiro atoms. The minimum absolute atomic E-state index is 0.143. The minimum Gasteiger partial charge on any atom is -0.345 e. The molecule has 0 saturated heterocycles. The van der Waals surface area contributed by atoms with Crippen molar-refractivity contribution < 1.29 is 9.59 Å². The smallest absolute Gasteiger partial charge is 0.249 e. The molecule has 3 aromatic heterocycles. The average molecular weight is 425 g/mol. The molecule has 5 aromatic rings. The van der Waals surface area contributed by atoms with Crippen LogP contribution in [0.25, 0.3) is 43.6 Å². The lowest BCUT2D eigenvalue weighted by Gasteiger charge is -2.04. The van der Waals surface area contributed by atoms with Crippen molar-refractivity contribution >= 4 is 45.5 Å². The molecule has 0 unspecified atom stereocenters. The molecule has 10 heteroatoms. The topological polar surface area (TPSA) is 137 Å². The van der Waals surface area contributed by atoms with E-state index in [1.165, 1.54) is 0 Å². The van der Waals surface area contributed by atoms with E-state index in [2.05, 4.69) is 28.7 Å². The van der Waals surface area contributed by atoms with E-state index in [0.717, 1.165) is 28.4 Å². The maximum Gasteiger partial charge on any atom is 0.249 e. The molecule has 9 nitrogen and oxygen atoms in total. The number of aromatic nitrogens is 4. The summed E-state index contributed by atoms with van der Waals surface area (Å²) in [4.78, 5) is 34.8. The van der Waals surface area contributed by atoms with Crippen LogP contribution in [0, 0.1) is 0 Å². The zero-order chi connectivity index (χ0) is 21.4. The zero-order valence-corrected chi connectivity index (χ0v) is 16.5. The molecule has 0 aliphatic rings. The Morgan fingerprint density at radius 1 is 0.968 bits per heavy atom. The van der Waals surface area contributed by atoms with Crippen molar-refractivity contribution in [3.63, 3.8) is 0 Å². The molecule has 0 fully saturated rings. The lowest BCUT2D eigenvalue weighted by atomic mass is 10.0. The summed E-state index contributed by atoms with van der Waals surface area (Å²) in [6.45, 7) is 0. The van der Waals surface area contributed by atoms with Crippen LogP contribution in [0.2, 0.25) is 0 Å². The molecule has 0 radical (unpaired) electrons. The van der Waals surface area contributed by atoms with E-state index in [1.807, 2.05) is 6.07 Å². The molecule has 0 aliphatic carbocycles. The van der Waals surface area contributed by atoms with Gasteiger partial charge in [-0.25, -0.2) is 4.98 Å². The predicted molar refractivity (Wildman–Crippen MR) is 116 cm³/mol. The van der Waals surface area contributed by atoms with Crippen molar-refractivity contribution in [1.82, 2.24) is 18.7 Å². The number of fused-ring (bicyclic) bond motifs is 2. The molecule has 2 aromatic carbocycles. The van der Waals surface area contributed by atoms with Gasteiger partial charge in [0.05, 0.1) is 11.7 Å². The number of carbonyl (C=O) groups is 2. The molecular weight excluding hydrogens is 414 g/mol. The highest BCUT2D eigenvalue weighted by Crippen LogP contribution is 2.27. The number of carbonyl (C=O) groups excluding carboxylic acids is 2. The normalized spacial score (nSPS) is 10.8. The van der Waals surface area contributed by atoms with Crippen molar-refractivity contribution in [2.45, 2.75) is 0 Å². The Labute approximate surface area is 178 Å². The van der Waals surface area contributed by atoms with Gasteiger partial charge in [0.2, 0.25) is 5.91 Å². The lowest BCUT2D eigenvalue weighted by molar-refractivity contribution is 0.0998.